The molecule has 2 aliphatic rings. The highest BCUT2D eigenvalue weighted by Gasteiger charge is 2.40. The Bertz CT molecular complexity index is 580. The highest BCUT2D eigenvalue weighted by atomic mass is 19.3. The zero-order chi connectivity index (χ0) is 17.2. The largest absolute Gasteiger partial charge is 0.373 e. The van der Waals surface area contributed by atoms with E-state index >= 15 is 0 Å². The Kier molecular flexibility index (Phi) is 5.10. The zero-order valence-corrected chi connectivity index (χ0v) is 13.4. The van der Waals surface area contributed by atoms with Crippen LogP contribution in [-0.4, -0.2) is 60.5 Å². The Morgan fingerprint density at radius 3 is 2.75 bits per heavy atom. The van der Waals surface area contributed by atoms with Gasteiger partial charge >= 0.3 is 0 Å². The summed E-state index contributed by atoms with van der Waals surface area (Å²) in [4.78, 5) is 15.9. The molecule has 0 N–H and O–H groups in total. The molecule has 1 aromatic rings. The van der Waals surface area contributed by atoms with E-state index in [1.807, 2.05) is 4.90 Å². The van der Waals surface area contributed by atoms with Gasteiger partial charge in [-0.15, -0.1) is 0 Å². The second kappa shape index (κ2) is 7.11. The molecule has 2 saturated heterocycles. The monoisotopic (exact) mass is 342 g/mol. The third-order valence-electron chi connectivity index (χ3n) is 4.50. The van der Waals surface area contributed by atoms with E-state index in [1.54, 1.807) is 12.1 Å². The summed E-state index contributed by atoms with van der Waals surface area (Å²) < 4.78 is 45.2. The van der Waals surface area contributed by atoms with E-state index in [0.29, 0.717) is 13.0 Å². The lowest BCUT2D eigenvalue weighted by Crippen LogP contribution is -2.49. The lowest BCUT2D eigenvalue weighted by atomic mass is 10.1. The van der Waals surface area contributed by atoms with Gasteiger partial charge in [0, 0.05) is 13.1 Å². The van der Waals surface area contributed by atoms with Gasteiger partial charge in [0.25, 0.3) is 5.92 Å². The molecule has 0 bridgehead atoms. The average molecular weight is 342 g/mol. The molecule has 2 fully saturated rings. The summed E-state index contributed by atoms with van der Waals surface area (Å²) >= 11 is 0. The molecule has 1 unspecified atom stereocenters. The maximum Gasteiger partial charge on any atom is 0.288 e. The van der Waals surface area contributed by atoms with E-state index in [0.717, 1.165) is 18.5 Å². The van der Waals surface area contributed by atoms with Crippen LogP contribution < -0.4 is 0 Å². The number of likely N-dealkylation sites (tertiary alicyclic amines) is 1. The Hall–Kier alpha value is -1.60. The molecule has 2 heterocycles. The van der Waals surface area contributed by atoms with E-state index < -0.39 is 25.1 Å². The molecule has 1 amide bonds. The molecule has 4 nitrogen and oxygen atoms in total. The molecule has 1 atom stereocenters. The molecule has 3 rings (SSSR count). The number of hydrogen-bond acceptors (Lipinski definition) is 3. The van der Waals surface area contributed by atoms with Crippen molar-refractivity contribution in [2.75, 3.05) is 32.8 Å². The van der Waals surface area contributed by atoms with Gasteiger partial charge in [-0.2, -0.15) is 0 Å². The highest BCUT2D eigenvalue weighted by Crippen LogP contribution is 2.25. The van der Waals surface area contributed by atoms with E-state index in [2.05, 4.69) is 0 Å². The molecule has 0 spiro atoms. The fourth-order valence-electron chi connectivity index (χ4n) is 3.32. The Morgan fingerprint density at radius 2 is 2.00 bits per heavy atom. The molecule has 7 heteroatoms. The fraction of sp³-hybridized carbons (Fsp3) is 0.588. The number of carbonyl (C=O) groups is 1. The number of benzene rings is 1. The van der Waals surface area contributed by atoms with Crippen molar-refractivity contribution in [1.29, 1.82) is 0 Å². The third-order valence-corrected chi connectivity index (χ3v) is 4.50. The van der Waals surface area contributed by atoms with Crippen molar-refractivity contribution >= 4 is 5.91 Å². The zero-order valence-electron chi connectivity index (χ0n) is 13.4. The predicted octanol–water partition coefficient (Wildman–Crippen LogP) is 2.28. The SMILES string of the molecule is O=C(C1CCCN1Cc1ccc(F)cc1)N1CCOCC(F)(F)C1. The normalized spacial score (nSPS) is 24.8. The third kappa shape index (κ3) is 4.08. The lowest BCUT2D eigenvalue weighted by molar-refractivity contribution is -0.140. The summed E-state index contributed by atoms with van der Waals surface area (Å²) in [6.45, 7) is 0.334. The van der Waals surface area contributed by atoms with Crippen molar-refractivity contribution in [3.8, 4) is 0 Å². The van der Waals surface area contributed by atoms with Gasteiger partial charge in [-0.1, -0.05) is 12.1 Å². The summed E-state index contributed by atoms with van der Waals surface area (Å²) in [6.07, 6.45) is 1.50. The Morgan fingerprint density at radius 1 is 1.25 bits per heavy atom. The fourth-order valence-corrected chi connectivity index (χ4v) is 3.32. The number of rotatable bonds is 3. The number of halogens is 3. The van der Waals surface area contributed by atoms with Crippen LogP contribution in [0, 0.1) is 5.82 Å². The van der Waals surface area contributed by atoms with Crippen LogP contribution >= 0.6 is 0 Å². The smallest absolute Gasteiger partial charge is 0.288 e. The molecule has 0 aromatic heterocycles. The first-order chi connectivity index (χ1) is 11.4. The molecule has 1 aromatic carbocycles. The van der Waals surface area contributed by atoms with Crippen LogP contribution in [0.1, 0.15) is 18.4 Å². The minimum Gasteiger partial charge on any atom is -0.373 e. The summed E-state index contributed by atoms with van der Waals surface area (Å²) in [5, 5.41) is 0. The molecule has 24 heavy (non-hydrogen) atoms. The second-order valence-electron chi connectivity index (χ2n) is 6.42. The van der Waals surface area contributed by atoms with Gasteiger partial charge in [0.15, 0.2) is 0 Å². The Balaban J connectivity index is 1.67. The minimum atomic E-state index is -3.01. The van der Waals surface area contributed by atoms with Crippen LogP contribution in [0.2, 0.25) is 0 Å². The van der Waals surface area contributed by atoms with E-state index in [-0.39, 0.29) is 24.9 Å². The quantitative estimate of drug-likeness (QED) is 0.845. The van der Waals surface area contributed by atoms with Crippen LogP contribution in [-0.2, 0) is 16.1 Å². The van der Waals surface area contributed by atoms with Gasteiger partial charge in [0.05, 0.1) is 19.2 Å². The topological polar surface area (TPSA) is 32.8 Å². The van der Waals surface area contributed by atoms with Crippen molar-refractivity contribution in [3.63, 3.8) is 0 Å². The van der Waals surface area contributed by atoms with Crippen LogP contribution in [0.3, 0.4) is 0 Å². The number of carbonyl (C=O) groups excluding carboxylic acids is 1. The highest BCUT2D eigenvalue weighted by molar-refractivity contribution is 5.82. The van der Waals surface area contributed by atoms with Crippen molar-refractivity contribution in [2.24, 2.45) is 0 Å². The maximum absolute atomic E-state index is 13.7. The predicted molar refractivity (Wildman–Crippen MR) is 82.2 cm³/mol. The lowest BCUT2D eigenvalue weighted by Gasteiger charge is -2.30. The number of amides is 1. The van der Waals surface area contributed by atoms with Gasteiger partial charge < -0.3 is 9.64 Å². The van der Waals surface area contributed by atoms with Gasteiger partial charge in [0.1, 0.15) is 12.4 Å². The molecular weight excluding hydrogens is 321 g/mol. The summed E-state index contributed by atoms with van der Waals surface area (Å²) in [5.41, 5.74) is 0.903. The first kappa shape index (κ1) is 17.2. The van der Waals surface area contributed by atoms with Gasteiger partial charge in [-0.25, -0.2) is 13.2 Å². The number of nitrogens with zero attached hydrogens (tertiary/aromatic N) is 2. The Labute approximate surface area is 139 Å². The van der Waals surface area contributed by atoms with Gasteiger partial charge in [-0.3, -0.25) is 9.69 Å². The molecule has 0 aliphatic carbocycles. The molecule has 2 aliphatic heterocycles. The van der Waals surface area contributed by atoms with Crippen molar-refractivity contribution in [2.45, 2.75) is 31.4 Å². The molecule has 0 radical (unpaired) electrons. The van der Waals surface area contributed by atoms with Crippen molar-refractivity contribution in [3.05, 3.63) is 35.6 Å². The van der Waals surface area contributed by atoms with Crippen molar-refractivity contribution in [1.82, 2.24) is 9.80 Å². The van der Waals surface area contributed by atoms with E-state index in [1.165, 1.54) is 17.0 Å². The summed E-state index contributed by atoms with van der Waals surface area (Å²) in [6, 6.07) is 5.74. The maximum atomic E-state index is 13.7. The number of ether oxygens (including phenoxy) is 1. The van der Waals surface area contributed by atoms with Gasteiger partial charge in [0.2, 0.25) is 5.91 Å². The van der Waals surface area contributed by atoms with Crippen molar-refractivity contribution < 1.29 is 22.7 Å². The van der Waals surface area contributed by atoms with Crippen LogP contribution in [0.25, 0.3) is 0 Å². The first-order valence-corrected chi connectivity index (χ1v) is 8.17. The average Bonchev–Trinajstić information content (AvgIpc) is 2.91. The molecule has 132 valence electrons. The van der Waals surface area contributed by atoms with Gasteiger partial charge in [-0.05, 0) is 37.1 Å². The van der Waals surface area contributed by atoms with Crippen LogP contribution in [0.15, 0.2) is 24.3 Å². The standard InChI is InChI=1S/C17H21F3N2O2/c18-14-5-3-13(4-6-14)10-21-7-1-2-15(21)16(23)22-8-9-24-12-17(19,20)11-22/h3-6,15H,1-2,7-12H2. The first-order valence-electron chi connectivity index (χ1n) is 8.17. The van der Waals surface area contributed by atoms with Crippen LogP contribution in [0.5, 0.6) is 0 Å². The number of hydrogen-bond donors (Lipinski definition) is 0. The molecular formula is C17H21F3N2O2. The summed E-state index contributed by atoms with van der Waals surface area (Å²) in [7, 11) is 0. The van der Waals surface area contributed by atoms with E-state index in [4.69, 9.17) is 4.74 Å². The summed E-state index contributed by atoms with van der Waals surface area (Å²) in [5.74, 6) is -3.58. The molecule has 0 saturated carbocycles. The number of alkyl halides is 2. The van der Waals surface area contributed by atoms with E-state index in [9.17, 15) is 18.0 Å². The van der Waals surface area contributed by atoms with Crippen LogP contribution in [0.4, 0.5) is 13.2 Å². The minimum absolute atomic E-state index is 0.131. The second-order valence-corrected chi connectivity index (χ2v) is 6.42.